The standard InChI is InChI=1S/C15H17N3O2S/c1-10(19)17-14(20)9-21-15-12(8-16)7-11-5-3-2-4-6-13(11)18-15/h7H,2-6,9H2,1H3,(H,17,19,20). The van der Waals surface area contributed by atoms with Gasteiger partial charge in [-0.3, -0.25) is 14.9 Å². The number of aryl methyl sites for hydroxylation is 2. The fraction of sp³-hybridized carbons (Fsp3) is 0.467. The van der Waals surface area contributed by atoms with Crippen molar-refractivity contribution in [3.05, 3.63) is 22.9 Å². The Hall–Kier alpha value is -1.87. The molecule has 5 nitrogen and oxygen atoms in total. The maximum Gasteiger partial charge on any atom is 0.236 e. The van der Waals surface area contributed by atoms with Gasteiger partial charge in [-0.05, 0) is 37.3 Å². The zero-order valence-corrected chi connectivity index (χ0v) is 12.8. The third kappa shape index (κ3) is 4.30. The van der Waals surface area contributed by atoms with Crippen LogP contribution in [0, 0.1) is 11.3 Å². The predicted molar refractivity (Wildman–Crippen MR) is 79.8 cm³/mol. The summed E-state index contributed by atoms with van der Waals surface area (Å²) in [6.07, 6.45) is 5.32. The maximum absolute atomic E-state index is 11.5. The first-order chi connectivity index (χ1) is 10.1. The molecule has 0 aromatic carbocycles. The minimum Gasteiger partial charge on any atom is -0.296 e. The van der Waals surface area contributed by atoms with Crippen molar-refractivity contribution in [2.24, 2.45) is 0 Å². The Morgan fingerprint density at radius 1 is 1.38 bits per heavy atom. The summed E-state index contributed by atoms with van der Waals surface area (Å²) in [5.41, 5.74) is 2.71. The van der Waals surface area contributed by atoms with E-state index in [0.29, 0.717) is 10.6 Å². The van der Waals surface area contributed by atoms with Crippen LogP contribution in [0.2, 0.25) is 0 Å². The fourth-order valence-corrected chi connectivity index (χ4v) is 3.12. The van der Waals surface area contributed by atoms with Crippen LogP contribution in [0.15, 0.2) is 11.1 Å². The molecule has 0 fully saturated rings. The molecular formula is C15H17N3O2S. The molecule has 2 amide bonds. The number of imide groups is 1. The molecule has 0 saturated carbocycles. The van der Waals surface area contributed by atoms with Crippen molar-refractivity contribution in [1.82, 2.24) is 10.3 Å². The lowest BCUT2D eigenvalue weighted by Gasteiger charge is -2.09. The normalized spacial score (nSPS) is 13.7. The second-order valence-corrected chi connectivity index (χ2v) is 5.98. The van der Waals surface area contributed by atoms with Gasteiger partial charge in [0, 0.05) is 12.6 Å². The molecule has 2 rings (SSSR count). The van der Waals surface area contributed by atoms with Crippen LogP contribution in [0.4, 0.5) is 0 Å². The average Bonchev–Trinajstić information content (AvgIpc) is 2.67. The number of hydrogen-bond donors (Lipinski definition) is 1. The van der Waals surface area contributed by atoms with Crippen LogP contribution in [0.25, 0.3) is 0 Å². The number of thioether (sulfide) groups is 1. The predicted octanol–water partition coefficient (Wildman–Crippen LogP) is 1.98. The molecule has 1 aromatic heterocycles. The number of fused-ring (bicyclic) bond motifs is 1. The smallest absolute Gasteiger partial charge is 0.236 e. The minimum absolute atomic E-state index is 0.0834. The van der Waals surface area contributed by atoms with Gasteiger partial charge in [0.15, 0.2) is 0 Å². The van der Waals surface area contributed by atoms with E-state index in [2.05, 4.69) is 16.4 Å². The largest absolute Gasteiger partial charge is 0.296 e. The Balaban J connectivity index is 2.15. The van der Waals surface area contributed by atoms with Gasteiger partial charge < -0.3 is 0 Å². The molecule has 1 aliphatic rings. The summed E-state index contributed by atoms with van der Waals surface area (Å²) in [5, 5.41) is 12.0. The van der Waals surface area contributed by atoms with E-state index in [0.717, 1.165) is 36.9 Å². The molecule has 0 spiro atoms. The Morgan fingerprint density at radius 3 is 2.86 bits per heavy atom. The van der Waals surface area contributed by atoms with E-state index in [1.165, 1.54) is 25.1 Å². The molecule has 0 saturated heterocycles. The van der Waals surface area contributed by atoms with Crippen molar-refractivity contribution >= 4 is 23.6 Å². The molecule has 21 heavy (non-hydrogen) atoms. The van der Waals surface area contributed by atoms with E-state index in [1.807, 2.05) is 6.07 Å². The summed E-state index contributed by atoms with van der Waals surface area (Å²) in [4.78, 5) is 26.9. The van der Waals surface area contributed by atoms with E-state index in [1.54, 1.807) is 0 Å². The van der Waals surface area contributed by atoms with E-state index in [9.17, 15) is 14.9 Å². The van der Waals surface area contributed by atoms with Crippen LogP contribution in [0.1, 0.15) is 43.0 Å². The number of carbonyl (C=O) groups excluding carboxylic acids is 2. The molecule has 1 heterocycles. The highest BCUT2D eigenvalue weighted by molar-refractivity contribution is 8.00. The molecule has 0 bridgehead atoms. The van der Waals surface area contributed by atoms with Gasteiger partial charge in [0.05, 0.1) is 11.3 Å². The highest BCUT2D eigenvalue weighted by Gasteiger charge is 2.15. The second-order valence-electron chi connectivity index (χ2n) is 5.01. The number of amides is 2. The SMILES string of the molecule is CC(=O)NC(=O)CSc1nc2c(cc1C#N)CCCCC2. The lowest BCUT2D eigenvalue weighted by atomic mass is 10.1. The monoisotopic (exact) mass is 303 g/mol. The van der Waals surface area contributed by atoms with Crippen molar-refractivity contribution in [2.75, 3.05) is 5.75 Å². The minimum atomic E-state index is -0.379. The molecule has 0 atom stereocenters. The number of pyridine rings is 1. The van der Waals surface area contributed by atoms with Crippen LogP contribution in [-0.2, 0) is 22.4 Å². The maximum atomic E-state index is 11.5. The van der Waals surface area contributed by atoms with Gasteiger partial charge in [-0.1, -0.05) is 18.2 Å². The highest BCUT2D eigenvalue weighted by atomic mass is 32.2. The lowest BCUT2D eigenvalue weighted by Crippen LogP contribution is -2.29. The summed E-state index contributed by atoms with van der Waals surface area (Å²) in [7, 11) is 0. The quantitative estimate of drug-likeness (QED) is 0.682. The lowest BCUT2D eigenvalue weighted by molar-refractivity contribution is -0.127. The van der Waals surface area contributed by atoms with E-state index in [4.69, 9.17) is 0 Å². The third-order valence-corrected chi connectivity index (χ3v) is 4.28. The van der Waals surface area contributed by atoms with Gasteiger partial charge in [-0.2, -0.15) is 5.26 Å². The van der Waals surface area contributed by atoms with E-state index in [-0.39, 0.29) is 17.6 Å². The highest BCUT2D eigenvalue weighted by Crippen LogP contribution is 2.26. The van der Waals surface area contributed by atoms with Gasteiger partial charge in [0.1, 0.15) is 11.1 Å². The molecule has 1 N–H and O–H groups in total. The molecule has 0 unspecified atom stereocenters. The van der Waals surface area contributed by atoms with Crippen molar-refractivity contribution in [3.63, 3.8) is 0 Å². The first-order valence-electron chi connectivity index (χ1n) is 6.96. The van der Waals surface area contributed by atoms with Gasteiger partial charge in [-0.15, -0.1) is 0 Å². The number of carbonyl (C=O) groups is 2. The molecule has 0 radical (unpaired) electrons. The Kier molecular flexibility index (Phi) is 5.34. The van der Waals surface area contributed by atoms with Crippen LogP contribution in [0.3, 0.4) is 0 Å². The number of nitriles is 1. The Labute approximate surface area is 128 Å². The van der Waals surface area contributed by atoms with Gasteiger partial charge in [0.2, 0.25) is 11.8 Å². The third-order valence-electron chi connectivity index (χ3n) is 3.29. The number of rotatable bonds is 3. The summed E-state index contributed by atoms with van der Waals surface area (Å²) < 4.78 is 0. The van der Waals surface area contributed by atoms with Crippen molar-refractivity contribution < 1.29 is 9.59 Å². The first kappa shape index (κ1) is 15.5. The summed E-state index contributed by atoms with van der Waals surface area (Å²) >= 11 is 1.20. The topological polar surface area (TPSA) is 82.8 Å². The van der Waals surface area contributed by atoms with Crippen LogP contribution in [-0.4, -0.2) is 22.6 Å². The van der Waals surface area contributed by atoms with Gasteiger partial charge in [-0.25, -0.2) is 4.98 Å². The number of aromatic nitrogens is 1. The molecule has 0 aliphatic heterocycles. The first-order valence-corrected chi connectivity index (χ1v) is 7.95. The van der Waals surface area contributed by atoms with Crippen LogP contribution >= 0.6 is 11.8 Å². The fourth-order valence-electron chi connectivity index (χ4n) is 2.35. The number of nitrogens with zero attached hydrogens (tertiary/aromatic N) is 2. The summed E-state index contributed by atoms with van der Waals surface area (Å²) in [5.74, 6) is -0.663. The zero-order chi connectivity index (χ0) is 15.2. The Bertz CT molecular complexity index is 608. The van der Waals surface area contributed by atoms with Crippen molar-refractivity contribution in [1.29, 1.82) is 5.26 Å². The van der Waals surface area contributed by atoms with Gasteiger partial charge >= 0.3 is 0 Å². The molecule has 6 heteroatoms. The zero-order valence-electron chi connectivity index (χ0n) is 11.9. The number of nitrogens with one attached hydrogen (secondary N) is 1. The van der Waals surface area contributed by atoms with Gasteiger partial charge in [0.25, 0.3) is 0 Å². The van der Waals surface area contributed by atoms with Crippen LogP contribution in [0.5, 0.6) is 0 Å². The van der Waals surface area contributed by atoms with E-state index >= 15 is 0 Å². The van der Waals surface area contributed by atoms with Crippen molar-refractivity contribution in [3.8, 4) is 6.07 Å². The van der Waals surface area contributed by atoms with E-state index < -0.39 is 0 Å². The number of hydrogen-bond acceptors (Lipinski definition) is 5. The Morgan fingerprint density at radius 2 is 2.14 bits per heavy atom. The molecule has 110 valence electrons. The molecule has 1 aliphatic carbocycles. The average molecular weight is 303 g/mol. The summed E-state index contributed by atoms with van der Waals surface area (Å²) in [6.45, 7) is 1.30. The molecule has 1 aromatic rings. The van der Waals surface area contributed by atoms with Crippen molar-refractivity contribution in [2.45, 2.75) is 44.1 Å². The second kappa shape index (κ2) is 7.23. The summed E-state index contributed by atoms with van der Waals surface area (Å²) in [6, 6.07) is 4.05. The van der Waals surface area contributed by atoms with Crippen LogP contribution < -0.4 is 5.32 Å². The molecular weight excluding hydrogens is 286 g/mol.